The fraction of sp³-hybridized carbons (Fsp3) is 0.929. The molecule has 1 fully saturated rings. The number of hydrogen-bond acceptors (Lipinski definition) is 3. The lowest BCUT2D eigenvalue weighted by molar-refractivity contribution is -0.121. The number of hydrogen-bond donors (Lipinski definition) is 2. The van der Waals surface area contributed by atoms with Crippen LogP contribution in [0.1, 0.15) is 40.5 Å². The van der Waals surface area contributed by atoms with Crippen molar-refractivity contribution >= 4 is 5.91 Å². The van der Waals surface area contributed by atoms with E-state index in [1.54, 1.807) is 0 Å². The van der Waals surface area contributed by atoms with Crippen molar-refractivity contribution in [2.75, 3.05) is 26.2 Å². The standard InChI is InChI=1S/C14H29N3O/c1-11(2)13(4)16-14(18)10-15-9-12(3)17-7-5-6-8-17/h11-13,15H,5-10H2,1-4H3,(H,16,18). The fourth-order valence-electron chi connectivity index (χ4n) is 2.18. The third-order valence-corrected chi connectivity index (χ3v) is 3.88. The SMILES string of the molecule is CC(C)C(C)NC(=O)CNCC(C)N1CCCC1. The van der Waals surface area contributed by atoms with Gasteiger partial charge in [0.25, 0.3) is 0 Å². The molecule has 4 nitrogen and oxygen atoms in total. The quantitative estimate of drug-likeness (QED) is 0.719. The molecule has 0 aromatic rings. The highest BCUT2D eigenvalue weighted by molar-refractivity contribution is 5.78. The lowest BCUT2D eigenvalue weighted by Crippen LogP contribution is -2.44. The average molecular weight is 255 g/mol. The van der Waals surface area contributed by atoms with Gasteiger partial charge in [-0.2, -0.15) is 0 Å². The van der Waals surface area contributed by atoms with Crippen molar-refractivity contribution in [3.63, 3.8) is 0 Å². The minimum absolute atomic E-state index is 0.102. The number of carbonyl (C=O) groups excluding carboxylic acids is 1. The van der Waals surface area contributed by atoms with E-state index in [9.17, 15) is 4.79 Å². The molecular formula is C14H29N3O. The maximum absolute atomic E-state index is 11.7. The lowest BCUT2D eigenvalue weighted by atomic mass is 10.1. The van der Waals surface area contributed by atoms with E-state index < -0.39 is 0 Å². The van der Waals surface area contributed by atoms with Crippen molar-refractivity contribution in [1.29, 1.82) is 0 Å². The van der Waals surface area contributed by atoms with Gasteiger partial charge >= 0.3 is 0 Å². The molecule has 0 aromatic carbocycles. The first-order valence-electron chi connectivity index (χ1n) is 7.25. The van der Waals surface area contributed by atoms with Crippen LogP contribution >= 0.6 is 0 Å². The Morgan fingerprint density at radius 3 is 2.33 bits per heavy atom. The minimum Gasteiger partial charge on any atom is -0.352 e. The van der Waals surface area contributed by atoms with Gasteiger partial charge in [-0.25, -0.2) is 0 Å². The molecule has 1 heterocycles. The van der Waals surface area contributed by atoms with Crippen molar-refractivity contribution in [2.24, 2.45) is 5.92 Å². The fourth-order valence-corrected chi connectivity index (χ4v) is 2.18. The monoisotopic (exact) mass is 255 g/mol. The van der Waals surface area contributed by atoms with E-state index in [1.165, 1.54) is 25.9 Å². The van der Waals surface area contributed by atoms with Gasteiger partial charge in [0.2, 0.25) is 5.91 Å². The largest absolute Gasteiger partial charge is 0.352 e. The Bertz CT molecular complexity index is 249. The van der Waals surface area contributed by atoms with Gasteiger partial charge in [-0.3, -0.25) is 9.69 Å². The van der Waals surface area contributed by atoms with Gasteiger partial charge in [0.1, 0.15) is 0 Å². The molecule has 0 spiro atoms. The van der Waals surface area contributed by atoms with Gasteiger partial charge in [0, 0.05) is 18.6 Å². The average Bonchev–Trinajstić information content (AvgIpc) is 2.81. The zero-order valence-corrected chi connectivity index (χ0v) is 12.3. The van der Waals surface area contributed by atoms with E-state index in [2.05, 4.69) is 43.2 Å². The zero-order valence-electron chi connectivity index (χ0n) is 12.3. The Morgan fingerprint density at radius 2 is 1.78 bits per heavy atom. The van der Waals surface area contributed by atoms with Gasteiger partial charge in [-0.1, -0.05) is 13.8 Å². The Kier molecular flexibility index (Phi) is 6.65. The molecule has 4 heteroatoms. The number of likely N-dealkylation sites (tertiary alicyclic amines) is 1. The van der Waals surface area contributed by atoms with Gasteiger partial charge in [0.15, 0.2) is 0 Å². The molecule has 0 aliphatic carbocycles. The minimum atomic E-state index is 0.102. The lowest BCUT2D eigenvalue weighted by Gasteiger charge is -2.24. The van der Waals surface area contributed by atoms with Crippen molar-refractivity contribution in [3.05, 3.63) is 0 Å². The highest BCUT2D eigenvalue weighted by atomic mass is 16.1. The summed E-state index contributed by atoms with van der Waals surface area (Å²) in [5, 5.41) is 6.26. The zero-order chi connectivity index (χ0) is 13.5. The van der Waals surface area contributed by atoms with Crippen LogP contribution in [0, 0.1) is 5.92 Å². The van der Waals surface area contributed by atoms with Crippen molar-refractivity contribution < 1.29 is 4.79 Å². The molecule has 18 heavy (non-hydrogen) atoms. The molecule has 106 valence electrons. The molecule has 1 amide bonds. The van der Waals surface area contributed by atoms with Gasteiger partial charge in [-0.15, -0.1) is 0 Å². The molecule has 1 aliphatic rings. The maximum Gasteiger partial charge on any atom is 0.234 e. The summed E-state index contributed by atoms with van der Waals surface area (Å²) in [7, 11) is 0. The molecular weight excluding hydrogens is 226 g/mol. The smallest absolute Gasteiger partial charge is 0.234 e. The van der Waals surface area contributed by atoms with E-state index in [4.69, 9.17) is 0 Å². The second-order valence-corrected chi connectivity index (χ2v) is 5.82. The summed E-state index contributed by atoms with van der Waals surface area (Å²) in [6.07, 6.45) is 2.63. The molecule has 0 radical (unpaired) electrons. The third kappa shape index (κ3) is 5.36. The van der Waals surface area contributed by atoms with E-state index in [0.717, 1.165) is 6.54 Å². The molecule has 0 bridgehead atoms. The second-order valence-electron chi connectivity index (χ2n) is 5.82. The summed E-state index contributed by atoms with van der Waals surface area (Å²) >= 11 is 0. The first kappa shape index (κ1) is 15.4. The van der Waals surface area contributed by atoms with Crippen LogP contribution in [0.2, 0.25) is 0 Å². The van der Waals surface area contributed by atoms with Crippen LogP contribution in [-0.2, 0) is 4.79 Å². The molecule has 1 aliphatic heterocycles. The Balaban J connectivity index is 2.11. The first-order chi connectivity index (χ1) is 8.50. The van der Waals surface area contributed by atoms with Gasteiger partial charge < -0.3 is 10.6 Å². The summed E-state index contributed by atoms with van der Waals surface area (Å²) in [4.78, 5) is 14.2. The predicted octanol–water partition coefficient (Wildman–Crippen LogP) is 1.22. The molecule has 2 unspecified atom stereocenters. The third-order valence-electron chi connectivity index (χ3n) is 3.88. The molecule has 1 saturated heterocycles. The number of nitrogens with one attached hydrogen (secondary N) is 2. The number of rotatable bonds is 7. The Labute approximate surface area is 111 Å². The van der Waals surface area contributed by atoms with Crippen LogP contribution in [0.25, 0.3) is 0 Å². The summed E-state index contributed by atoms with van der Waals surface area (Å²) in [5.74, 6) is 0.585. The number of carbonyl (C=O) groups is 1. The molecule has 2 N–H and O–H groups in total. The highest BCUT2D eigenvalue weighted by Gasteiger charge is 2.17. The van der Waals surface area contributed by atoms with Crippen LogP contribution in [-0.4, -0.2) is 49.1 Å². The van der Waals surface area contributed by atoms with E-state index in [0.29, 0.717) is 18.5 Å². The predicted molar refractivity (Wildman–Crippen MR) is 75.6 cm³/mol. The highest BCUT2D eigenvalue weighted by Crippen LogP contribution is 2.10. The normalized spacial score (nSPS) is 20.1. The van der Waals surface area contributed by atoms with E-state index in [-0.39, 0.29) is 11.9 Å². The van der Waals surface area contributed by atoms with Crippen LogP contribution < -0.4 is 10.6 Å². The summed E-state index contributed by atoms with van der Waals surface area (Å²) in [6.45, 7) is 12.3. The van der Waals surface area contributed by atoms with E-state index >= 15 is 0 Å². The Morgan fingerprint density at radius 1 is 1.17 bits per heavy atom. The van der Waals surface area contributed by atoms with Crippen molar-refractivity contribution in [2.45, 2.75) is 52.6 Å². The van der Waals surface area contributed by atoms with Crippen LogP contribution in [0.3, 0.4) is 0 Å². The van der Waals surface area contributed by atoms with Crippen molar-refractivity contribution in [1.82, 2.24) is 15.5 Å². The first-order valence-corrected chi connectivity index (χ1v) is 7.25. The Hall–Kier alpha value is -0.610. The molecule has 2 atom stereocenters. The number of nitrogens with zero attached hydrogens (tertiary/aromatic N) is 1. The summed E-state index contributed by atoms with van der Waals surface area (Å²) < 4.78 is 0. The molecule has 0 saturated carbocycles. The van der Waals surface area contributed by atoms with E-state index in [1.807, 2.05) is 0 Å². The topological polar surface area (TPSA) is 44.4 Å². The summed E-state index contributed by atoms with van der Waals surface area (Å²) in [6, 6.07) is 0.776. The number of amides is 1. The van der Waals surface area contributed by atoms with Gasteiger partial charge in [-0.05, 0) is 45.7 Å². The molecule has 1 rings (SSSR count). The van der Waals surface area contributed by atoms with Crippen molar-refractivity contribution in [3.8, 4) is 0 Å². The van der Waals surface area contributed by atoms with Gasteiger partial charge in [0.05, 0.1) is 6.54 Å². The maximum atomic E-state index is 11.7. The summed E-state index contributed by atoms with van der Waals surface area (Å²) in [5.41, 5.74) is 0. The van der Waals surface area contributed by atoms with Crippen LogP contribution in [0.5, 0.6) is 0 Å². The molecule has 0 aromatic heterocycles. The second kappa shape index (κ2) is 7.74. The van der Waals surface area contributed by atoms with Crippen LogP contribution in [0.15, 0.2) is 0 Å². The van der Waals surface area contributed by atoms with Crippen LogP contribution in [0.4, 0.5) is 0 Å².